The summed E-state index contributed by atoms with van der Waals surface area (Å²) >= 11 is 1.31. The third-order valence-corrected chi connectivity index (χ3v) is 5.88. The third-order valence-electron chi connectivity index (χ3n) is 4.69. The molecule has 1 amide bonds. The second-order valence-corrected chi connectivity index (χ2v) is 7.49. The van der Waals surface area contributed by atoms with E-state index < -0.39 is 0 Å². The van der Waals surface area contributed by atoms with Gasteiger partial charge in [-0.3, -0.25) is 14.2 Å². The number of amides is 1. The molecule has 0 saturated heterocycles. The molecule has 0 spiro atoms. The van der Waals surface area contributed by atoms with Crippen LogP contribution < -0.4 is 10.9 Å². The maximum atomic E-state index is 12.7. The molecule has 128 valence electrons. The lowest BCUT2D eigenvalue weighted by atomic mass is 10.1. The highest BCUT2D eigenvalue weighted by Crippen LogP contribution is 2.28. The largest absolute Gasteiger partial charge is 0.347 e. The fraction of sp³-hybridized carbons (Fsp3) is 0.316. The minimum atomic E-state index is -0.148. The average Bonchev–Trinajstić information content (AvgIpc) is 3.19. The zero-order chi connectivity index (χ0) is 17.6. The molecule has 3 heterocycles. The van der Waals surface area contributed by atoms with E-state index in [4.69, 9.17) is 0 Å². The summed E-state index contributed by atoms with van der Waals surface area (Å²) in [4.78, 5) is 31.2. The summed E-state index contributed by atoms with van der Waals surface area (Å²) in [5, 5.41) is 3.54. The summed E-state index contributed by atoms with van der Waals surface area (Å²) in [5.41, 5.74) is 2.97. The van der Waals surface area contributed by atoms with Gasteiger partial charge in [0.2, 0.25) is 0 Å². The number of fused-ring (bicyclic) bond motifs is 2. The standard InChI is InChI=1S/C19H19N3O2S/c1-11-5-7-13(8-6-11)10-20-17(23)16-12(2)15-18(25-16)21-14-4-3-9-22(14)19(15)24/h5-8H,3-4,9-10H2,1-2H3,(H,20,23). The van der Waals surface area contributed by atoms with Crippen molar-refractivity contribution >= 4 is 27.5 Å². The van der Waals surface area contributed by atoms with E-state index in [1.165, 1.54) is 16.9 Å². The van der Waals surface area contributed by atoms with Gasteiger partial charge in [-0.15, -0.1) is 11.3 Å². The van der Waals surface area contributed by atoms with Crippen molar-refractivity contribution in [1.29, 1.82) is 0 Å². The van der Waals surface area contributed by atoms with Gasteiger partial charge in [-0.2, -0.15) is 0 Å². The lowest BCUT2D eigenvalue weighted by Crippen LogP contribution is -2.23. The van der Waals surface area contributed by atoms with Crippen LogP contribution in [-0.2, 0) is 19.5 Å². The van der Waals surface area contributed by atoms with Gasteiger partial charge < -0.3 is 5.32 Å². The molecule has 3 aromatic rings. The summed E-state index contributed by atoms with van der Waals surface area (Å²) < 4.78 is 1.75. The van der Waals surface area contributed by atoms with Gasteiger partial charge >= 0.3 is 0 Å². The fourth-order valence-electron chi connectivity index (χ4n) is 3.26. The van der Waals surface area contributed by atoms with E-state index >= 15 is 0 Å². The molecule has 25 heavy (non-hydrogen) atoms. The molecule has 0 aliphatic carbocycles. The Balaban J connectivity index is 1.64. The normalized spacial score (nSPS) is 13.2. The molecule has 1 aliphatic rings. The van der Waals surface area contributed by atoms with Crippen molar-refractivity contribution in [2.75, 3.05) is 0 Å². The maximum Gasteiger partial charge on any atom is 0.262 e. The Kier molecular flexibility index (Phi) is 3.92. The zero-order valence-electron chi connectivity index (χ0n) is 14.3. The van der Waals surface area contributed by atoms with E-state index in [0.29, 0.717) is 21.6 Å². The predicted octanol–water partition coefficient (Wildman–Crippen LogP) is 2.95. The highest BCUT2D eigenvalue weighted by molar-refractivity contribution is 7.20. The molecule has 0 unspecified atom stereocenters. The topological polar surface area (TPSA) is 64.0 Å². The van der Waals surface area contributed by atoms with Crippen molar-refractivity contribution in [3.05, 3.63) is 62.0 Å². The van der Waals surface area contributed by atoms with Crippen LogP contribution in [0.3, 0.4) is 0 Å². The minimum absolute atomic E-state index is 0.0103. The molecule has 4 rings (SSSR count). The van der Waals surface area contributed by atoms with Gasteiger partial charge in [0.05, 0.1) is 10.3 Å². The molecule has 0 fully saturated rings. The molecule has 5 nitrogen and oxygen atoms in total. The van der Waals surface area contributed by atoms with Gasteiger partial charge in [-0.1, -0.05) is 29.8 Å². The predicted molar refractivity (Wildman–Crippen MR) is 99.3 cm³/mol. The van der Waals surface area contributed by atoms with Crippen molar-refractivity contribution < 1.29 is 4.79 Å². The fourth-order valence-corrected chi connectivity index (χ4v) is 4.37. The van der Waals surface area contributed by atoms with Crippen LogP contribution in [0.15, 0.2) is 29.1 Å². The number of aryl methyl sites for hydroxylation is 3. The number of nitrogens with zero attached hydrogens (tertiary/aromatic N) is 2. The molecule has 6 heteroatoms. The van der Waals surface area contributed by atoms with Crippen molar-refractivity contribution in [2.45, 2.75) is 39.8 Å². The zero-order valence-corrected chi connectivity index (χ0v) is 15.1. The van der Waals surface area contributed by atoms with E-state index in [1.54, 1.807) is 4.57 Å². The van der Waals surface area contributed by atoms with Crippen molar-refractivity contribution in [3.8, 4) is 0 Å². The number of hydrogen-bond donors (Lipinski definition) is 1. The SMILES string of the molecule is Cc1ccc(CNC(=O)c2sc3nc4n(c(=O)c3c2C)CCC4)cc1. The van der Waals surface area contributed by atoms with E-state index in [0.717, 1.165) is 36.3 Å². The first-order valence-corrected chi connectivity index (χ1v) is 9.23. The minimum Gasteiger partial charge on any atom is -0.347 e. The Bertz CT molecular complexity index is 1030. The van der Waals surface area contributed by atoms with Gasteiger partial charge in [-0.05, 0) is 31.4 Å². The molecular weight excluding hydrogens is 334 g/mol. The number of benzene rings is 1. The van der Waals surface area contributed by atoms with E-state index in [9.17, 15) is 9.59 Å². The quantitative estimate of drug-likeness (QED) is 0.787. The Hall–Kier alpha value is -2.47. The van der Waals surface area contributed by atoms with Crippen LogP contribution >= 0.6 is 11.3 Å². The summed E-state index contributed by atoms with van der Waals surface area (Å²) in [5.74, 6) is 0.691. The number of rotatable bonds is 3. The van der Waals surface area contributed by atoms with Gasteiger partial charge in [0.15, 0.2) is 0 Å². The van der Waals surface area contributed by atoms with Crippen LogP contribution in [0.5, 0.6) is 0 Å². The molecule has 1 aromatic carbocycles. The highest BCUT2D eigenvalue weighted by Gasteiger charge is 2.23. The molecule has 0 saturated carbocycles. The van der Waals surface area contributed by atoms with Crippen LogP contribution in [0.1, 0.15) is 38.6 Å². The van der Waals surface area contributed by atoms with Crippen molar-refractivity contribution in [2.24, 2.45) is 0 Å². The smallest absolute Gasteiger partial charge is 0.262 e. The van der Waals surface area contributed by atoms with Crippen LogP contribution in [0, 0.1) is 13.8 Å². The molecule has 2 aromatic heterocycles. The molecule has 0 atom stereocenters. The Morgan fingerprint density at radius 1 is 1.28 bits per heavy atom. The van der Waals surface area contributed by atoms with Gasteiger partial charge in [-0.25, -0.2) is 4.98 Å². The second-order valence-electron chi connectivity index (χ2n) is 6.49. The summed E-state index contributed by atoms with van der Waals surface area (Å²) in [6, 6.07) is 8.06. The average molecular weight is 353 g/mol. The molecule has 1 N–H and O–H groups in total. The summed E-state index contributed by atoms with van der Waals surface area (Å²) in [7, 11) is 0. The first-order valence-electron chi connectivity index (χ1n) is 8.41. The van der Waals surface area contributed by atoms with Gasteiger partial charge in [0, 0.05) is 19.5 Å². The maximum absolute atomic E-state index is 12.7. The number of carbonyl (C=O) groups is 1. The Morgan fingerprint density at radius 3 is 2.80 bits per heavy atom. The number of nitrogens with one attached hydrogen (secondary N) is 1. The lowest BCUT2D eigenvalue weighted by molar-refractivity contribution is 0.0954. The Labute approximate surface area is 149 Å². The first-order chi connectivity index (χ1) is 12.0. The third kappa shape index (κ3) is 2.76. The second kappa shape index (κ2) is 6.11. The molecule has 0 bridgehead atoms. The van der Waals surface area contributed by atoms with E-state index in [-0.39, 0.29) is 11.5 Å². The van der Waals surface area contributed by atoms with Gasteiger partial charge in [0.1, 0.15) is 10.7 Å². The van der Waals surface area contributed by atoms with E-state index in [1.807, 2.05) is 38.1 Å². The summed E-state index contributed by atoms with van der Waals surface area (Å²) in [6.45, 7) is 5.06. The highest BCUT2D eigenvalue weighted by atomic mass is 32.1. The molecular formula is C19H19N3O2S. The van der Waals surface area contributed by atoms with Crippen molar-refractivity contribution in [3.63, 3.8) is 0 Å². The van der Waals surface area contributed by atoms with Crippen LogP contribution in [-0.4, -0.2) is 15.5 Å². The number of aromatic nitrogens is 2. The van der Waals surface area contributed by atoms with Crippen LogP contribution in [0.25, 0.3) is 10.2 Å². The van der Waals surface area contributed by atoms with Crippen LogP contribution in [0.4, 0.5) is 0 Å². The number of thiophene rings is 1. The van der Waals surface area contributed by atoms with E-state index in [2.05, 4.69) is 10.3 Å². The summed E-state index contributed by atoms with van der Waals surface area (Å²) in [6.07, 6.45) is 1.79. The lowest BCUT2D eigenvalue weighted by Gasteiger charge is -2.05. The first kappa shape index (κ1) is 16.0. The molecule has 0 radical (unpaired) electrons. The number of carbonyl (C=O) groups excluding carboxylic acids is 1. The van der Waals surface area contributed by atoms with Gasteiger partial charge in [0.25, 0.3) is 11.5 Å². The van der Waals surface area contributed by atoms with Crippen LogP contribution in [0.2, 0.25) is 0 Å². The number of hydrogen-bond acceptors (Lipinski definition) is 4. The molecule has 1 aliphatic heterocycles. The Morgan fingerprint density at radius 2 is 2.04 bits per heavy atom. The van der Waals surface area contributed by atoms with Crippen molar-refractivity contribution in [1.82, 2.24) is 14.9 Å². The monoisotopic (exact) mass is 353 g/mol.